The van der Waals surface area contributed by atoms with Gasteiger partial charge in [-0.15, -0.1) is 0 Å². The summed E-state index contributed by atoms with van der Waals surface area (Å²) in [5.41, 5.74) is 1.34. The number of rotatable bonds is 7. The van der Waals surface area contributed by atoms with E-state index >= 15 is 0 Å². The highest BCUT2D eigenvalue weighted by Crippen LogP contribution is 2.22. The van der Waals surface area contributed by atoms with Gasteiger partial charge in [0, 0.05) is 11.3 Å². The maximum Gasteiger partial charge on any atom is 0.328 e. The highest BCUT2D eigenvalue weighted by Gasteiger charge is 2.24. The number of amides is 1. The van der Waals surface area contributed by atoms with E-state index in [4.69, 9.17) is 15.4 Å². The van der Waals surface area contributed by atoms with Crippen molar-refractivity contribution in [2.45, 2.75) is 46.1 Å². The molecular formula is C20H25N3O4. The molecule has 0 radical (unpaired) electrons. The molecule has 2 atom stereocenters. The fourth-order valence-electron chi connectivity index (χ4n) is 2.22. The molecule has 0 aliphatic carbocycles. The summed E-state index contributed by atoms with van der Waals surface area (Å²) in [7, 11) is 0. The number of benzene rings is 1. The molecule has 1 amide bonds. The predicted octanol–water partition coefficient (Wildman–Crippen LogP) is 2.39. The van der Waals surface area contributed by atoms with Crippen LogP contribution in [0.2, 0.25) is 0 Å². The summed E-state index contributed by atoms with van der Waals surface area (Å²) in [5.74, 6) is -3.13. The van der Waals surface area contributed by atoms with Gasteiger partial charge in [0.1, 0.15) is 12.0 Å². The van der Waals surface area contributed by atoms with Crippen molar-refractivity contribution in [2.75, 3.05) is 6.61 Å². The van der Waals surface area contributed by atoms with Gasteiger partial charge in [-0.3, -0.25) is 9.59 Å². The smallest absolute Gasteiger partial charge is 0.328 e. The Bertz CT molecular complexity index is 770. The van der Waals surface area contributed by atoms with Gasteiger partial charge in [0.05, 0.1) is 6.07 Å². The summed E-state index contributed by atoms with van der Waals surface area (Å²) in [5, 5.41) is 18.7. The molecule has 0 heterocycles. The van der Waals surface area contributed by atoms with Crippen LogP contribution in [0.4, 0.5) is 0 Å². The zero-order valence-corrected chi connectivity index (χ0v) is 16.3. The number of ketones is 1. The zero-order valence-electron chi connectivity index (χ0n) is 16.3. The van der Waals surface area contributed by atoms with Crippen LogP contribution < -0.4 is 5.32 Å². The fraction of sp³-hybridized carbons (Fsp3) is 0.450. The second-order valence-corrected chi connectivity index (χ2v) is 7.34. The Balaban J connectivity index is 2.62. The second-order valence-electron chi connectivity index (χ2n) is 7.34. The molecule has 7 heteroatoms. The Hall–Kier alpha value is -3.01. The second kappa shape index (κ2) is 9.08. The maximum atomic E-state index is 12.2. The van der Waals surface area contributed by atoms with Crippen molar-refractivity contribution in [2.24, 2.45) is 5.92 Å². The highest BCUT2D eigenvalue weighted by molar-refractivity contribution is 6.06. The molecule has 0 spiro atoms. The van der Waals surface area contributed by atoms with Crippen molar-refractivity contribution in [3.8, 4) is 6.07 Å². The average molecular weight is 371 g/mol. The lowest BCUT2D eigenvalue weighted by Crippen LogP contribution is -2.40. The number of esters is 1. The minimum Gasteiger partial charge on any atom is -0.456 e. The van der Waals surface area contributed by atoms with E-state index in [2.05, 4.69) is 26.1 Å². The van der Waals surface area contributed by atoms with Crippen LogP contribution in [-0.2, 0) is 19.7 Å². The summed E-state index contributed by atoms with van der Waals surface area (Å²) >= 11 is 0. The van der Waals surface area contributed by atoms with Crippen LogP contribution in [-0.4, -0.2) is 36.0 Å². The van der Waals surface area contributed by atoms with Gasteiger partial charge in [-0.25, -0.2) is 4.79 Å². The largest absolute Gasteiger partial charge is 0.456 e. The molecule has 0 unspecified atom stereocenters. The molecule has 0 aromatic heterocycles. The summed E-state index contributed by atoms with van der Waals surface area (Å²) in [4.78, 5) is 36.0. The monoisotopic (exact) mass is 371 g/mol. The topological polar surface area (TPSA) is 120 Å². The molecule has 0 fully saturated rings. The van der Waals surface area contributed by atoms with Crippen molar-refractivity contribution in [3.63, 3.8) is 0 Å². The molecule has 1 aromatic carbocycles. The highest BCUT2D eigenvalue weighted by atomic mass is 16.5. The van der Waals surface area contributed by atoms with Crippen LogP contribution in [0.3, 0.4) is 0 Å². The van der Waals surface area contributed by atoms with Gasteiger partial charge in [0.15, 0.2) is 12.4 Å². The summed E-state index contributed by atoms with van der Waals surface area (Å²) in [6, 6.07) is 7.81. The van der Waals surface area contributed by atoms with Gasteiger partial charge in [0.2, 0.25) is 0 Å². The van der Waals surface area contributed by atoms with E-state index in [0.29, 0.717) is 5.56 Å². The van der Waals surface area contributed by atoms with Gasteiger partial charge < -0.3 is 15.5 Å². The van der Waals surface area contributed by atoms with E-state index in [1.165, 1.54) is 13.8 Å². The van der Waals surface area contributed by atoms with Crippen molar-refractivity contribution in [1.82, 2.24) is 5.32 Å². The lowest BCUT2D eigenvalue weighted by molar-refractivity contribution is -0.149. The first-order chi connectivity index (χ1) is 12.5. The third kappa shape index (κ3) is 6.33. The number of hydrogen-bond donors (Lipinski definition) is 2. The molecule has 27 heavy (non-hydrogen) atoms. The minimum atomic E-state index is -1.23. The number of ether oxygens (including phenoxy) is 1. The van der Waals surface area contributed by atoms with E-state index in [1.807, 2.05) is 12.1 Å². The average Bonchev–Trinajstić information content (AvgIpc) is 2.59. The maximum absolute atomic E-state index is 12.2. The molecular weight excluding hydrogens is 346 g/mol. The van der Waals surface area contributed by atoms with E-state index < -0.39 is 36.2 Å². The summed E-state index contributed by atoms with van der Waals surface area (Å²) < 4.78 is 4.85. The van der Waals surface area contributed by atoms with Gasteiger partial charge in [-0.1, -0.05) is 32.9 Å². The molecule has 7 nitrogen and oxygen atoms in total. The van der Waals surface area contributed by atoms with Crippen LogP contribution in [0, 0.1) is 22.7 Å². The molecule has 0 saturated carbocycles. The number of nitriles is 1. The summed E-state index contributed by atoms with van der Waals surface area (Å²) in [6.45, 7) is 8.36. The first kappa shape index (κ1) is 22.0. The molecule has 0 bridgehead atoms. The molecule has 2 N–H and O–H groups in total. The summed E-state index contributed by atoms with van der Waals surface area (Å²) in [6.07, 6.45) is 0. The van der Waals surface area contributed by atoms with Crippen molar-refractivity contribution in [1.29, 1.82) is 10.7 Å². The van der Waals surface area contributed by atoms with Crippen molar-refractivity contribution < 1.29 is 19.1 Å². The number of carbonyl (C=O) groups excluding carboxylic acids is 3. The zero-order chi connectivity index (χ0) is 20.8. The van der Waals surface area contributed by atoms with E-state index in [1.54, 1.807) is 18.2 Å². The Morgan fingerprint density at radius 2 is 1.78 bits per heavy atom. The lowest BCUT2D eigenvalue weighted by Gasteiger charge is -2.19. The molecule has 1 aromatic rings. The molecule has 0 saturated heterocycles. The quantitative estimate of drug-likeness (QED) is 0.563. The van der Waals surface area contributed by atoms with Crippen molar-refractivity contribution >= 4 is 23.4 Å². The van der Waals surface area contributed by atoms with Crippen LogP contribution in [0.1, 0.15) is 50.5 Å². The van der Waals surface area contributed by atoms with Gasteiger partial charge in [-0.2, -0.15) is 5.26 Å². The molecule has 144 valence electrons. The number of Topliss-reactive ketones (excluding diaryl/α,β-unsaturated/α-hetero) is 1. The fourth-order valence-corrected chi connectivity index (χ4v) is 2.22. The standard InChI is InChI=1S/C20H25N3O4/c1-12(22)16(10-21)17(24)11-27-19(26)13(2)23-18(25)14-6-8-15(9-7-14)20(3,4)5/h6-9,13,16,22H,11H2,1-5H3,(H,23,25)/t13-,16-/m0/s1. The van der Waals surface area contributed by atoms with Gasteiger partial charge in [0.25, 0.3) is 5.91 Å². The van der Waals surface area contributed by atoms with E-state index in [-0.39, 0.29) is 11.1 Å². The Kier molecular flexibility index (Phi) is 7.41. The van der Waals surface area contributed by atoms with Crippen LogP contribution >= 0.6 is 0 Å². The van der Waals surface area contributed by atoms with Crippen molar-refractivity contribution in [3.05, 3.63) is 35.4 Å². The minimum absolute atomic E-state index is 0.0330. The molecule has 0 aliphatic rings. The van der Waals surface area contributed by atoms with E-state index in [0.717, 1.165) is 5.56 Å². The first-order valence-electron chi connectivity index (χ1n) is 8.52. The van der Waals surface area contributed by atoms with Crippen LogP contribution in [0.5, 0.6) is 0 Å². The third-order valence-electron chi connectivity index (χ3n) is 3.96. The van der Waals surface area contributed by atoms with Crippen LogP contribution in [0.25, 0.3) is 0 Å². The number of nitrogens with one attached hydrogen (secondary N) is 2. The SMILES string of the molecule is CC(=N)[C@H](C#N)C(=O)COC(=O)[C@H](C)NC(=O)c1ccc(C(C)(C)C)cc1. The number of carbonyl (C=O) groups is 3. The lowest BCUT2D eigenvalue weighted by atomic mass is 9.86. The Morgan fingerprint density at radius 1 is 1.22 bits per heavy atom. The van der Waals surface area contributed by atoms with Gasteiger partial charge >= 0.3 is 5.97 Å². The Labute approximate surface area is 159 Å². The molecule has 0 aliphatic heterocycles. The predicted molar refractivity (Wildman–Crippen MR) is 101 cm³/mol. The van der Waals surface area contributed by atoms with Gasteiger partial charge in [-0.05, 0) is 37.0 Å². The van der Waals surface area contributed by atoms with Crippen LogP contribution in [0.15, 0.2) is 24.3 Å². The first-order valence-corrected chi connectivity index (χ1v) is 8.52. The normalized spacial score (nSPS) is 13.0. The number of hydrogen-bond acceptors (Lipinski definition) is 6. The Morgan fingerprint density at radius 3 is 2.22 bits per heavy atom. The third-order valence-corrected chi connectivity index (χ3v) is 3.96. The van der Waals surface area contributed by atoms with E-state index in [9.17, 15) is 14.4 Å². The molecule has 1 rings (SSSR count). The number of nitrogens with zero attached hydrogens (tertiary/aromatic N) is 1.